The van der Waals surface area contributed by atoms with Gasteiger partial charge >= 0.3 is 0 Å². The van der Waals surface area contributed by atoms with E-state index in [0.717, 1.165) is 23.8 Å². The van der Waals surface area contributed by atoms with Crippen LogP contribution in [0.15, 0.2) is 36.7 Å². The molecule has 3 rings (SSSR count). The third-order valence-corrected chi connectivity index (χ3v) is 3.45. The van der Waals surface area contributed by atoms with Gasteiger partial charge in [0.25, 0.3) is 0 Å². The zero-order chi connectivity index (χ0) is 11.7. The van der Waals surface area contributed by atoms with E-state index in [1.807, 2.05) is 29.1 Å². The molecular formula is C13H14ClN3. The standard InChI is InChI=1S/C13H14ClN3/c14-11-5-3-6-12(16-8-1-2-9-16)13(11)17-10-4-7-15-17/h3-7,10H,1-2,8-9H2. The monoisotopic (exact) mass is 247 g/mol. The van der Waals surface area contributed by atoms with Crippen LogP contribution in [0, 0.1) is 0 Å². The molecule has 88 valence electrons. The van der Waals surface area contributed by atoms with Gasteiger partial charge in [0.05, 0.1) is 10.7 Å². The van der Waals surface area contributed by atoms with E-state index in [2.05, 4.69) is 16.1 Å². The van der Waals surface area contributed by atoms with Crippen molar-refractivity contribution in [3.05, 3.63) is 41.7 Å². The van der Waals surface area contributed by atoms with Gasteiger partial charge in [-0.2, -0.15) is 5.10 Å². The van der Waals surface area contributed by atoms with Gasteiger partial charge < -0.3 is 4.90 Å². The van der Waals surface area contributed by atoms with Crippen LogP contribution in [0.3, 0.4) is 0 Å². The van der Waals surface area contributed by atoms with E-state index in [0.29, 0.717) is 0 Å². The Labute approximate surface area is 106 Å². The second kappa shape index (κ2) is 4.41. The van der Waals surface area contributed by atoms with Gasteiger partial charge in [0, 0.05) is 25.5 Å². The zero-order valence-electron chi connectivity index (χ0n) is 9.51. The number of para-hydroxylation sites is 1. The van der Waals surface area contributed by atoms with Crippen molar-refractivity contribution in [2.45, 2.75) is 12.8 Å². The van der Waals surface area contributed by atoms with Crippen molar-refractivity contribution in [1.82, 2.24) is 9.78 Å². The molecule has 4 heteroatoms. The van der Waals surface area contributed by atoms with Crippen LogP contribution < -0.4 is 4.90 Å². The van der Waals surface area contributed by atoms with Gasteiger partial charge in [-0.05, 0) is 31.0 Å². The molecule has 1 aliphatic heterocycles. The lowest BCUT2D eigenvalue weighted by Gasteiger charge is -2.21. The molecule has 1 aliphatic rings. The van der Waals surface area contributed by atoms with Crippen LogP contribution in [0.25, 0.3) is 5.69 Å². The fraction of sp³-hybridized carbons (Fsp3) is 0.308. The average Bonchev–Trinajstić information content (AvgIpc) is 3.02. The maximum atomic E-state index is 6.31. The molecule has 0 amide bonds. The first-order chi connectivity index (χ1) is 8.36. The first-order valence-corrected chi connectivity index (χ1v) is 6.27. The van der Waals surface area contributed by atoms with Gasteiger partial charge in [0.15, 0.2) is 0 Å². The van der Waals surface area contributed by atoms with E-state index in [1.165, 1.54) is 18.5 Å². The fourth-order valence-corrected chi connectivity index (χ4v) is 2.60. The van der Waals surface area contributed by atoms with Crippen LogP contribution in [0.1, 0.15) is 12.8 Å². The van der Waals surface area contributed by atoms with Gasteiger partial charge in [-0.3, -0.25) is 0 Å². The predicted octanol–water partition coefficient (Wildman–Crippen LogP) is 3.13. The minimum absolute atomic E-state index is 0.748. The van der Waals surface area contributed by atoms with Crippen LogP contribution in [-0.4, -0.2) is 22.9 Å². The van der Waals surface area contributed by atoms with Crippen molar-refractivity contribution < 1.29 is 0 Å². The normalized spacial score (nSPS) is 15.5. The maximum Gasteiger partial charge on any atom is 0.106 e. The Bertz CT molecular complexity index is 501. The molecule has 0 radical (unpaired) electrons. The number of anilines is 1. The van der Waals surface area contributed by atoms with Gasteiger partial charge in [-0.25, -0.2) is 4.68 Å². The summed E-state index contributed by atoms with van der Waals surface area (Å²) in [6.45, 7) is 2.21. The van der Waals surface area contributed by atoms with E-state index in [-0.39, 0.29) is 0 Å². The summed E-state index contributed by atoms with van der Waals surface area (Å²) in [5, 5.41) is 5.03. The van der Waals surface area contributed by atoms with Crippen molar-refractivity contribution in [3.8, 4) is 5.69 Å². The number of aromatic nitrogens is 2. The van der Waals surface area contributed by atoms with Crippen LogP contribution >= 0.6 is 11.6 Å². The van der Waals surface area contributed by atoms with Gasteiger partial charge in [0.1, 0.15) is 5.69 Å². The van der Waals surface area contributed by atoms with Crippen LogP contribution in [0.5, 0.6) is 0 Å². The summed E-state index contributed by atoms with van der Waals surface area (Å²) in [6, 6.07) is 7.95. The highest BCUT2D eigenvalue weighted by atomic mass is 35.5. The molecule has 0 spiro atoms. The summed E-state index contributed by atoms with van der Waals surface area (Å²) < 4.78 is 1.84. The topological polar surface area (TPSA) is 21.1 Å². The number of hydrogen-bond donors (Lipinski definition) is 0. The molecule has 1 fully saturated rings. The number of halogens is 1. The Balaban J connectivity index is 2.11. The minimum Gasteiger partial charge on any atom is -0.370 e. The Kier molecular flexibility index (Phi) is 2.77. The SMILES string of the molecule is Clc1cccc(N2CCCC2)c1-n1cccn1. The van der Waals surface area contributed by atoms with Crippen molar-refractivity contribution in [2.75, 3.05) is 18.0 Å². The van der Waals surface area contributed by atoms with E-state index in [4.69, 9.17) is 11.6 Å². The number of rotatable bonds is 2. The predicted molar refractivity (Wildman–Crippen MR) is 70.0 cm³/mol. The van der Waals surface area contributed by atoms with E-state index >= 15 is 0 Å². The van der Waals surface area contributed by atoms with E-state index in [9.17, 15) is 0 Å². The molecule has 1 saturated heterocycles. The van der Waals surface area contributed by atoms with Crippen molar-refractivity contribution in [3.63, 3.8) is 0 Å². The Morgan fingerprint density at radius 3 is 2.65 bits per heavy atom. The lowest BCUT2D eigenvalue weighted by atomic mass is 10.2. The second-order valence-corrected chi connectivity index (χ2v) is 4.66. The van der Waals surface area contributed by atoms with Crippen molar-refractivity contribution in [1.29, 1.82) is 0 Å². The first-order valence-electron chi connectivity index (χ1n) is 5.90. The highest BCUT2D eigenvalue weighted by Crippen LogP contribution is 2.32. The quantitative estimate of drug-likeness (QED) is 0.813. The highest BCUT2D eigenvalue weighted by molar-refractivity contribution is 6.33. The second-order valence-electron chi connectivity index (χ2n) is 4.25. The van der Waals surface area contributed by atoms with Crippen LogP contribution in [-0.2, 0) is 0 Å². The third-order valence-electron chi connectivity index (χ3n) is 3.15. The molecule has 1 aromatic heterocycles. The largest absolute Gasteiger partial charge is 0.370 e. The van der Waals surface area contributed by atoms with Gasteiger partial charge in [-0.1, -0.05) is 17.7 Å². The highest BCUT2D eigenvalue weighted by Gasteiger charge is 2.18. The molecular weight excluding hydrogens is 234 g/mol. The minimum atomic E-state index is 0.748. The summed E-state index contributed by atoms with van der Waals surface area (Å²) in [5.41, 5.74) is 2.17. The average molecular weight is 248 g/mol. The van der Waals surface area contributed by atoms with Crippen molar-refractivity contribution >= 4 is 17.3 Å². The molecule has 17 heavy (non-hydrogen) atoms. The molecule has 1 aromatic carbocycles. The fourth-order valence-electron chi connectivity index (χ4n) is 2.35. The summed E-state index contributed by atoms with van der Waals surface area (Å²) >= 11 is 6.31. The van der Waals surface area contributed by atoms with E-state index in [1.54, 1.807) is 6.20 Å². The summed E-state index contributed by atoms with van der Waals surface area (Å²) in [7, 11) is 0. The number of hydrogen-bond acceptors (Lipinski definition) is 2. The first kappa shape index (κ1) is 10.7. The van der Waals surface area contributed by atoms with Crippen LogP contribution in [0.4, 0.5) is 5.69 Å². The maximum absolute atomic E-state index is 6.31. The third kappa shape index (κ3) is 1.91. The molecule has 0 N–H and O–H groups in total. The number of benzene rings is 1. The van der Waals surface area contributed by atoms with Gasteiger partial charge in [0.2, 0.25) is 0 Å². The zero-order valence-corrected chi connectivity index (χ0v) is 10.3. The van der Waals surface area contributed by atoms with E-state index < -0.39 is 0 Å². The molecule has 0 atom stereocenters. The lowest BCUT2D eigenvalue weighted by molar-refractivity contribution is 0.862. The summed E-state index contributed by atoms with van der Waals surface area (Å²) in [6.07, 6.45) is 6.22. The summed E-state index contributed by atoms with van der Waals surface area (Å²) in [4.78, 5) is 2.38. The molecule has 2 aromatic rings. The molecule has 0 unspecified atom stereocenters. The lowest BCUT2D eigenvalue weighted by Crippen LogP contribution is -2.19. The smallest absolute Gasteiger partial charge is 0.106 e. The molecule has 0 aliphatic carbocycles. The molecule has 2 heterocycles. The Morgan fingerprint density at radius 2 is 1.94 bits per heavy atom. The van der Waals surface area contributed by atoms with Gasteiger partial charge in [-0.15, -0.1) is 0 Å². The molecule has 0 bridgehead atoms. The number of nitrogens with zero attached hydrogens (tertiary/aromatic N) is 3. The van der Waals surface area contributed by atoms with Crippen molar-refractivity contribution in [2.24, 2.45) is 0 Å². The molecule has 0 saturated carbocycles. The molecule has 3 nitrogen and oxygen atoms in total. The Hall–Kier alpha value is -1.48. The van der Waals surface area contributed by atoms with Crippen LogP contribution in [0.2, 0.25) is 5.02 Å². The Morgan fingerprint density at radius 1 is 1.12 bits per heavy atom. The summed E-state index contributed by atoms with van der Waals surface area (Å²) in [5.74, 6) is 0.